The van der Waals surface area contributed by atoms with E-state index in [4.69, 9.17) is 5.11 Å². The zero-order chi connectivity index (χ0) is 14.1. The Morgan fingerprint density at radius 2 is 1.80 bits per heavy atom. The molecular formula is C14H11N3O3. The van der Waals surface area contributed by atoms with Crippen molar-refractivity contribution in [1.82, 2.24) is 9.97 Å². The Labute approximate surface area is 114 Å². The van der Waals surface area contributed by atoms with E-state index in [0.717, 1.165) is 17.7 Å². The molecule has 0 aliphatic carbocycles. The Kier molecular flexibility index (Phi) is 2.90. The molecule has 0 fully saturated rings. The number of carboxylic acid groups (broad SMARTS) is 1. The molecule has 0 spiro atoms. The summed E-state index contributed by atoms with van der Waals surface area (Å²) in [5, 5.41) is 9.08. The number of amides is 1. The number of hydrogen-bond donors (Lipinski definition) is 1. The quantitative estimate of drug-likeness (QED) is 0.890. The lowest BCUT2D eigenvalue weighted by molar-refractivity contribution is 0.0684. The second-order valence-electron chi connectivity index (χ2n) is 4.39. The van der Waals surface area contributed by atoms with Gasteiger partial charge in [-0.3, -0.25) is 4.79 Å². The van der Waals surface area contributed by atoms with Gasteiger partial charge < -0.3 is 10.0 Å². The lowest BCUT2D eigenvalue weighted by atomic mass is 10.2. The average Bonchev–Trinajstić information content (AvgIpc) is 2.90. The molecule has 6 heteroatoms. The number of carbonyl (C=O) groups is 2. The minimum absolute atomic E-state index is 0.128. The van der Waals surface area contributed by atoms with Gasteiger partial charge in [0.05, 0.1) is 0 Å². The molecule has 6 nitrogen and oxygen atoms in total. The maximum Gasteiger partial charge on any atom is 0.356 e. The molecule has 1 amide bonds. The van der Waals surface area contributed by atoms with Crippen molar-refractivity contribution in [2.45, 2.75) is 6.42 Å². The molecule has 1 aliphatic rings. The van der Waals surface area contributed by atoms with Gasteiger partial charge in [0.25, 0.3) is 5.91 Å². The fourth-order valence-electron chi connectivity index (χ4n) is 2.33. The largest absolute Gasteiger partial charge is 0.476 e. The molecule has 20 heavy (non-hydrogen) atoms. The van der Waals surface area contributed by atoms with Crippen LogP contribution in [0.1, 0.15) is 26.5 Å². The van der Waals surface area contributed by atoms with Crippen molar-refractivity contribution >= 4 is 17.6 Å². The maximum absolute atomic E-state index is 12.5. The van der Waals surface area contributed by atoms with Crippen LogP contribution in [-0.4, -0.2) is 33.5 Å². The number of aromatic nitrogens is 2. The number of carboxylic acids is 1. The summed E-state index contributed by atoms with van der Waals surface area (Å²) in [4.78, 5) is 32.8. The molecule has 1 aromatic heterocycles. The highest BCUT2D eigenvalue weighted by atomic mass is 16.4. The molecular weight excluding hydrogens is 258 g/mol. The van der Waals surface area contributed by atoms with Gasteiger partial charge in [0, 0.05) is 24.6 Å². The van der Waals surface area contributed by atoms with Gasteiger partial charge in [-0.25, -0.2) is 14.8 Å². The minimum atomic E-state index is -1.26. The van der Waals surface area contributed by atoms with Crippen LogP contribution in [0, 0.1) is 0 Å². The van der Waals surface area contributed by atoms with E-state index in [-0.39, 0.29) is 11.4 Å². The van der Waals surface area contributed by atoms with E-state index in [1.54, 1.807) is 4.90 Å². The number of benzene rings is 1. The summed E-state index contributed by atoms with van der Waals surface area (Å²) in [6.07, 6.45) is 3.34. The zero-order valence-corrected chi connectivity index (χ0v) is 10.5. The molecule has 100 valence electrons. The zero-order valence-electron chi connectivity index (χ0n) is 10.5. The monoisotopic (exact) mass is 269 g/mol. The molecule has 1 aromatic carbocycles. The third-order valence-corrected chi connectivity index (χ3v) is 3.24. The number of nitrogens with zero attached hydrogens (tertiary/aromatic N) is 3. The number of aromatic carboxylic acids is 1. The van der Waals surface area contributed by atoms with Crippen LogP contribution in [0.25, 0.3) is 0 Å². The number of fused-ring (bicyclic) bond motifs is 1. The molecule has 0 saturated carbocycles. The molecule has 0 unspecified atom stereocenters. The van der Waals surface area contributed by atoms with Crippen LogP contribution >= 0.6 is 0 Å². The molecule has 3 rings (SSSR count). The molecule has 2 heterocycles. The number of para-hydroxylation sites is 1. The number of rotatable bonds is 2. The van der Waals surface area contributed by atoms with Gasteiger partial charge in [-0.05, 0) is 18.1 Å². The Bertz CT molecular complexity index is 700. The fraction of sp³-hybridized carbons (Fsp3) is 0.143. The van der Waals surface area contributed by atoms with Crippen LogP contribution in [0.3, 0.4) is 0 Å². The van der Waals surface area contributed by atoms with E-state index < -0.39 is 11.9 Å². The smallest absolute Gasteiger partial charge is 0.356 e. The first kappa shape index (κ1) is 12.3. The van der Waals surface area contributed by atoms with Gasteiger partial charge in [-0.15, -0.1) is 0 Å². The van der Waals surface area contributed by atoms with Crippen LogP contribution in [-0.2, 0) is 6.42 Å². The molecule has 0 saturated heterocycles. The van der Waals surface area contributed by atoms with Crippen molar-refractivity contribution in [2.75, 3.05) is 11.4 Å². The molecule has 0 radical (unpaired) electrons. The van der Waals surface area contributed by atoms with E-state index in [0.29, 0.717) is 6.54 Å². The van der Waals surface area contributed by atoms with Crippen molar-refractivity contribution in [3.63, 3.8) is 0 Å². The van der Waals surface area contributed by atoms with Gasteiger partial charge in [0.2, 0.25) is 0 Å². The number of anilines is 1. The van der Waals surface area contributed by atoms with Gasteiger partial charge >= 0.3 is 5.97 Å². The highest BCUT2D eigenvalue weighted by Gasteiger charge is 2.29. The third-order valence-electron chi connectivity index (χ3n) is 3.24. The van der Waals surface area contributed by atoms with E-state index in [9.17, 15) is 9.59 Å². The van der Waals surface area contributed by atoms with Crippen molar-refractivity contribution in [3.8, 4) is 0 Å². The normalized spacial score (nSPS) is 13.1. The molecule has 2 aromatic rings. The summed E-state index contributed by atoms with van der Waals surface area (Å²) in [5.74, 6) is -1.69. The van der Waals surface area contributed by atoms with E-state index in [1.165, 1.54) is 12.4 Å². The summed E-state index contributed by atoms with van der Waals surface area (Å²) in [5.41, 5.74) is 1.43. The SMILES string of the molecule is O=C(O)c1nccnc1C(=O)N1CCc2ccccc21. The average molecular weight is 269 g/mol. The van der Waals surface area contributed by atoms with Crippen molar-refractivity contribution in [3.05, 3.63) is 53.6 Å². The second kappa shape index (κ2) is 4.73. The molecule has 1 aliphatic heterocycles. The van der Waals surface area contributed by atoms with Gasteiger partial charge in [0.1, 0.15) is 0 Å². The molecule has 0 atom stereocenters. The number of carbonyl (C=O) groups excluding carboxylic acids is 1. The van der Waals surface area contributed by atoms with Crippen LogP contribution in [0.4, 0.5) is 5.69 Å². The van der Waals surface area contributed by atoms with E-state index >= 15 is 0 Å². The Morgan fingerprint density at radius 1 is 1.10 bits per heavy atom. The first-order chi connectivity index (χ1) is 9.68. The second-order valence-corrected chi connectivity index (χ2v) is 4.39. The predicted octanol–water partition coefficient (Wildman–Crippen LogP) is 1.38. The Hall–Kier alpha value is -2.76. The lowest BCUT2D eigenvalue weighted by Gasteiger charge is -2.17. The summed E-state index contributed by atoms with van der Waals surface area (Å²) in [6, 6.07) is 7.56. The highest BCUT2D eigenvalue weighted by molar-refractivity contribution is 6.10. The fourth-order valence-corrected chi connectivity index (χ4v) is 2.33. The first-order valence-electron chi connectivity index (χ1n) is 6.12. The van der Waals surface area contributed by atoms with Crippen LogP contribution in [0.2, 0.25) is 0 Å². The van der Waals surface area contributed by atoms with E-state index in [2.05, 4.69) is 9.97 Å². The van der Waals surface area contributed by atoms with Gasteiger partial charge in [-0.1, -0.05) is 18.2 Å². The summed E-state index contributed by atoms with van der Waals surface area (Å²) < 4.78 is 0. The summed E-state index contributed by atoms with van der Waals surface area (Å²) in [6.45, 7) is 0.522. The van der Waals surface area contributed by atoms with Gasteiger partial charge in [-0.2, -0.15) is 0 Å². The Morgan fingerprint density at radius 3 is 2.55 bits per heavy atom. The first-order valence-corrected chi connectivity index (χ1v) is 6.12. The van der Waals surface area contributed by atoms with Crippen molar-refractivity contribution < 1.29 is 14.7 Å². The lowest BCUT2D eigenvalue weighted by Crippen LogP contribution is -2.31. The highest BCUT2D eigenvalue weighted by Crippen LogP contribution is 2.28. The topological polar surface area (TPSA) is 83.4 Å². The standard InChI is InChI=1S/C14H11N3O3/c18-13(11-12(14(19)20)16-7-6-15-11)17-8-5-9-3-1-2-4-10(9)17/h1-4,6-7H,5,8H2,(H,19,20). The maximum atomic E-state index is 12.5. The third kappa shape index (κ3) is 1.91. The predicted molar refractivity (Wildman–Crippen MR) is 70.8 cm³/mol. The van der Waals surface area contributed by atoms with Crippen molar-refractivity contribution in [1.29, 1.82) is 0 Å². The van der Waals surface area contributed by atoms with Crippen LogP contribution in [0.15, 0.2) is 36.7 Å². The molecule has 0 bridgehead atoms. The van der Waals surface area contributed by atoms with Crippen LogP contribution in [0.5, 0.6) is 0 Å². The minimum Gasteiger partial charge on any atom is -0.476 e. The van der Waals surface area contributed by atoms with E-state index in [1.807, 2.05) is 24.3 Å². The van der Waals surface area contributed by atoms with Crippen LogP contribution < -0.4 is 4.90 Å². The molecule has 1 N–H and O–H groups in total. The van der Waals surface area contributed by atoms with Crippen molar-refractivity contribution in [2.24, 2.45) is 0 Å². The summed E-state index contributed by atoms with van der Waals surface area (Å²) in [7, 11) is 0. The van der Waals surface area contributed by atoms with Gasteiger partial charge in [0.15, 0.2) is 11.4 Å². The number of hydrogen-bond acceptors (Lipinski definition) is 4. The Balaban J connectivity index is 2.01. The summed E-state index contributed by atoms with van der Waals surface area (Å²) >= 11 is 0.